The summed E-state index contributed by atoms with van der Waals surface area (Å²) in [4.78, 5) is 26.3. The lowest BCUT2D eigenvalue weighted by atomic mass is 9.99. The number of carbonyl (C=O) groups is 2. The van der Waals surface area contributed by atoms with Crippen LogP contribution in [0.5, 0.6) is 0 Å². The van der Waals surface area contributed by atoms with Crippen LogP contribution in [0.2, 0.25) is 0 Å². The van der Waals surface area contributed by atoms with Gasteiger partial charge in [-0.3, -0.25) is 9.59 Å². The fourth-order valence-corrected chi connectivity index (χ4v) is 8.12. The first kappa shape index (κ1) is 64.1. The Balaban J connectivity index is 2.80. The average molecular weight is 972 g/mol. The third-order valence-electron chi connectivity index (χ3n) is 12.6. The highest BCUT2D eigenvalue weighted by Gasteiger charge is 2.47. The summed E-state index contributed by atoms with van der Waals surface area (Å²) < 4.78 is 17.4. The Kier molecular flexibility index (Phi) is 42.9. The Morgan fingerprint density at radius 3 is 1.52 bits per heavy atom. The van der Waals surface area contributed by atoms with Crippen LogP contribution in [0.4, 0.5) is 0 Å². The molecule has 1 rings (SSSR count). The van der Waals surface area contributed by atoms with E-state index in [1.165, 1.54) is 96.3 Å². The molecule has 1 heterocycles. The number of ether oxygens (including phenoxy) is 3. The second kappa shape index (κ2) is 46.2. The van der Waals surface area contributed by atoms with Crippen molar-refractivity contribution in [2.45, 2.75) is 269 Å². The first-order valence-corrected chi connectivity index (χ1v) is 27.7. The van der Waals surface area contributed by atoms with Crippen molar-refractivity contribution in [3.63, 3.8) is 0 Å². The van der Waals surface area contributed by atoms with E-state index < -0.39 is 67.4 Å². The third-order valence-corrected chi connectivity index (χ3v) is 12.6. The van der Waals surface area contributed by atoms with Gasteiger partial charge in [0.25, 0.3) is 0 Å². The van der Waals surface area contributed by atoms with Gasteiger partial charge < -0.3 is 45.1 Å². The SMILES string of the molecule is CCCCC/C=C\C/C=C\C/C=C\CCCCCC(O)C(=O)NC(COC1OC(CO)C(O)C(O)C1OC(=O)CC/C=C/C/C=C\CCCCCCCC)C(O)/C=C/CCCCCCCCCCC. The molecule has 0 spiro atoms. The molecular weight excluding hydrogens is 871 g/mol. The van der Waals surface area contributed by atoms with Gasteiger partial charge in [-0.05, 0) is 83.5 Å². The first-order chi connectivity index (χ1) is 33.7. The van der Waals surface area contributed by atoms with E-state index in [2.05, 4.69) is 74.7 Å². The number of esters is 1. The van der Waals surface area contributed by atoms with Crippen LogP contribution in [-0.4, -0.2) is 99.6 Å². The first-order valence-electron chi connectivity index (χ1n) is 27.7. The molecule has 0 aliphatic carbocycles. The Morgan fingerprint density at radius 2 is 1.00 bits per heavy atom. The third kappa shape index (κ3) is 35.0. The van der Waals surface area contributed by atoms with Crippen molar-refractivity contribution in [3.05, 3.63) is 72.9 Å². The zero-order chi connectivity index (χ0) is 50.4. The number of aliphatic hydroxyl groups excluding tert-OH is 5. The minimum absolute atomic E-state index is 0.0122. The zero-order valence-corrected chi connectivity index (χ0v) is 43.7. The minimum atomic E-state index is -1.64. The van der Waals surface area contributed by atoms with Crippen molar-refractivity contribution in [3.8, 4) is 0 Å². The molecule has 0 bridgehead atoms. The molecule has 0 aromatic heterocycles. The van der Waals surface area contributed by atoms with Crippen LogP contribution in [0.1, 0.15) is 220 Å². The molecule has 1 aliphatic heterocycles. The second-order valence-corrected chi connectivity index (χ2v) is 19.0. The molecule has 0 radical (unpaired) electrons. The van der Waals surface area contributed by atoms with Gasteiger partial charge >= 0.3 is 5.97 Å². The molecule has 6 N–H and O–H groups in total. The number of carbonyl (C=O) groups excluding carboxylic acids is 2. The number of hydrogen-bond acceptors (Lipinski definition) is 10. The Labute approximate surface area is 420 Å². The van der Waals surface area contributed by atoms with Gasteiger partial charge in [0, 0.05) is 6.42 Å². The van der Waals surface area contributed by atoms with Crippen LogP contribution in [0, 0.1) is 0 Å². The van der Waals surface area contributed by atoms with Crippen molar-refractivity contribution in [1.29, 1.82) is 0 Å². The van der Waals surface area contributed by atoms with E-state index in [0.717, 1.165) is 77.0 Å². The number of hydrogen-bond donors (Lipinski definition) is 6. The molecule has 8 unspecified atom stereocenters. The quantitative estimate of drug-likeness (QED) is 0.0196. The molecular formula is C58H101NO10. The number of aliphatic hydroxyl groups is 5. The maximum absolute atomic E-state index is 13.3. The van der Waals surface area contributed by atoms with Gasteiger partial charge in [-0.2, -0.15) is 0 Å². The standard InChI is InChI=1S/C58H101NO10/c1-4-7-10-13-16-19-22-24-25-26-28-30-33-36-39-42-45-51(62)57(66)59-49(50(61)44-41-38-35-32-29-21-18-15-12-9-6-3)48-67-58-56(55(65)54(64)52(47-60)68-58)69-53(63)46-43-40-37-34-31-27-23-20-17-14-11-8-5-2/h16,19,24-25,27-28,30-31,37,40-41,44,49-52,54-56,58,60-62,64-65H,4-15,17-18,20-23,26,29,32-36,38-39,42-43,45-48H2,1-3H3,(H,59,66)/b19-16-,25-24-,30-28-,31-27-,40-37+,44-41+. The van der Waals surface area contributed by atoms with E-state index >= 15 is 0 Å². The van der Waals surface area contributed by atoms with Gasteiger partial charge in [0.05, 0.1) is 25.4 Å². The lowest BCUT2D eigenvalue weighted by Gasteiger charge is -2.41. The van der Waals surface area contributed by atoms with Crippen molar-refractivity contribution >= 4 is 11.9 Å². The number of rotatable bonds is 45. The summed E-state index contributed by atoms with van der Waals surface area (Å²) >= 11 is 0. The van der Waals surface area contributed by atoms with E-state index in [1.54, 1.807) is 6.08 Å². The van der Waals surface area contributed by atoms with Crippen molar-refractivity contribution in [2.75, 3.05) is 13.2 Å². The molecule has 69 heavy (non-hydrogen) atoms. The summed E-state index contributed by atoms with van der Waals surface area (Å²) in [5, 5.41) is 56.6. The number of amides is 1. The fourth-order valence-electron chi connectivity index (χ4n) is 8.12. The Hall–Kier alpha value is -2.90. The number of allylic oxidation sites excluding steroid dienone is 11. The minimum Gasteiger partial charge on any atom is -0.454 e. The van der Waals surface area contributed by atoms with Gasteiger partial charge in [-0.25, -0.2) is 0 Å². The van der Waals surface area contributed by atoms with Crippen molar-refractivity contribution in [2.24, 2.45) is 0 Å². The van der Waals surface area contributed by atoms with Crippen LogP contribution in [0.25, 0.3) is 0 Å². The van der Waals surface area contributed by atoms with Crippen LogP contribution in [-0.2, 0) is 23.8 Å². The fraction of sp³-hybridized carbons (Fsp3) is 0.759. The zero-order valence-electron chi connectivity index (χ0n) is 43.7. The van der Waals surface area contributed by atoms with Gasteiger partial charge in [0.2, 0.25) is 5.91 Å². The molecule has 1 fully saturated rings. The molecule has 1 saturated heterocycles. The Morgan fingerprint density at radius 1 is 0.565 bits per heavy atom. The van der Waals surface area contributed by atoms with Crippen LogP contribution in [0.3, 0.4) is 0 Å². The molecule has 398 valence electrons. The summed E-state index contributed by atoms with van der Waals surface area (Å²) in [6.07, 6.45) is 46.8. The molecule has 0 aromatic rings. The molecule has 0 aromatic carbocycles. The number of unbranched alkanes of at least 4 members (excludes halogenated alkanes) is 21. The van der Waals surface area contributed by atoms with Gasteiger partial charge in [-0.15, -0.1) is 0 Å². The highest BCUT2D eigenvalue weighted by Crippen LogP contribution is 2.26. The Bertz CT molecular complexity index is 1390. The molecule has 11 nitrogen and oxygen atoms in total. The van der Waals surface area contributed by atoms with E-state index in [0.29, 0.717) is 12.8 Å². The van der Waals surface area contributed by atoms with Gasteiger partial charge in [0.1, 0.15) is 24.4 Å². The summed E-state index contributed by atoms with van der Waals surface area (Å²) in [6.45, 7) is 5.67. The predicted molar refractivity (Wildman–Crippen MR) is 283 cm³/mol. The van der Waals surface area contributed by atoms with Crippen molar-refractivity contribution in [1.82, 2.24) is 5.32 Å². The summed E-state index contributed by atoms with van der Waals surface area (Å²) in [5.74, 6) is -1.29. The highest BCUT2D eigenvalue weighted by atomic mass is 16.7. The van der Waals surface area contributed by atoms with E-state index in [1.807, 2.05) is 18.2 Å². The van der Waals surface area contributed by atoms with E-state index in [-0.39, 0.29) is 19.4 Å². The summed E-state index contributed by atoms with van der Waals surface area (Å²) in [6, 6.07) is -1.05. The lowest BCUT2D eigenvalue weighted by molar-refractivity contribution is -0.305. The average Bonchev–Trinajstić information content (AvgIpc) is 3.34. The van der Waals surface area contributed by atoms with Gasteiger partial charge in [0.15, 0.2) is 12.4 Å². The lowest BCUT2D eigenvalue weighted by Crippen LogP contribution is -2.61. The molecule has 1 aliphatic rings. The maximum Gasteiger partial charge on any atom is 0.306 e. The largest absolute Gasteiger partial charge is 0.454 e. The van der Waals surface area contributed by atoms with Crippen LogP contribution < -0.4 is 5.32 Å². The van der Waals surface area contributed by atoms with Crippen LogP contribution >= 0.6 is 0 Å². The molecule has 8 atom stereocenters. The van der Waals surface area contributed by atoms with E-state index in [9.17, 15) is 35.1 Å². The van der Waals surface area contributed by atoms with Crippen LogP contribution in [0.15, 0.2) is 72.9 Å². The van der Waals surface area contributed by atoms with Gasteiger partial charge in [-0.1, -0.05) is 203 Å². The number of nitrogens with one attached hydrogen (secondary N) is 1. The molecule has 1 amide bonds. The molecule has 0 saturated carbocycles. The maximum atomic E-state index is 13.3. The molecule has 11 heteroatoms. The summed E-state index contributed by atoms with van der Waals surface area (Å²) in [5.41, 5.74) is 0. The predicted octanol–water partition coefficient (Wildman–Crippen LogP) is 12.1. The smallest absolute Gasteiger partial charge is 0.306 e. The van der Waals surface area contributed by atoms with Crippen molar-refractivity contribution < 1.29 is 49.3 Å². The highest BCUT2D eigenvalue weighted by molar-refractivity contribution is 5.80. The van der Waals surface area contributed by atoms with E-state index in [4.69, 9.17) is 14.2 Å². The summed E-state index contributed by atoms with van der Waals surface area (Å²) in [7, 11) is 0. The topological polar surface area (TPSA) is 175 Å². The normalized spacial score (nSPS) is 20.4. The second-order valence-electron chi connectivity index (χ2n) is 19.0. The monoisotopic (exact) mass is 972 g/mol.